The van der Waals surface area contributed by atoms with Crippen molar-refractivity contribution in [3.8, 4) is 0 Å². The van der Waals surface area contributed by atoms with Gasteiger partial charge < -0.3 is 35.1 Å². The molecule has 3 N–H and O–H groups in total. The number of Topliss-reactive ketones (excluding diaryl/α,β-unsaturated/α-hetero) is 1. The lowest BCUT2D eigenvalue weighted by molar-refractivity contribution is -0.154. The fourth-order valence-corrected chi connectivity index (χ4v) is 5.58. The fraction of sp³-hybridized carbons (Fsp3) is 0.806. The van der Waals surface area contributed by atoms with Gasteiger partial charge in [-0.05, 0) is 64.2 Å². The number of rotatable bonds is 11. The van der Waals surface area contributed by atoms with Crippen LogP contribution in [0.15, 0.2) is 0 Å². The maximum atomic E-state index is 14.0. The third-order valence-electron chi connectivity index (χ3n) is 7.76. The standard InChI is InChI=1S/C31H52N4O9/c1-28(2,3)23(34-27(41)44-30(7,8)9)26(40)35-15-17-20(31(17,10)11)21(35)24(38)33-18(16-42-12)22(37)25(39)32-14-13-19(36)43-29(4,5)6/h17-18,20-21,23H,13-16H2,1-12H3,(H,32,39)(H,33,38)(H,34,41)/t17-,18?,20-,21-,23+/m0/s1. The van der Waals surface area contributed by atoms with Crippen molar-refractivity contribution in [3.05, 3.63) is 0 Å². The van der Waals surface area contributed by atoms with Crippen molar-refractivity contribution >= 4 is 35.6 Å². The minimum absolute atomic E-state index is 0.0390. The van der Waals surface area contributed by atoms with E-state index in [4.69, 9.17) is 14.2 Å². The Kier molecular flexibility index (Phi) is 11.3. The highest BCUT2D eigenvalue weighted by Crippen LogP contribution is 2.65. The number of carbonyl (C=O) groups is 6. The summed E-state index contributed by atoms with van der Waals surface area (Å²) in [7, 11) is 1.33. The van der Waals surface area contributed by atoms with Gasteiger partial charge in [0.25, 0.3) is 5.91 Å². The van der Waals surface area contributed by atoms with E-state index in [0.29, 0.717) is 6.54 Å². The van der Waals surface area contributed by atoms with Crippen LogP contribution in [-0.4, -0.2) is 96.6 Å². The number of amides is 4. The Morgan fingerprint density at radius 3 is 1.95 bits per heavy atom. The number of carbonyl (C=O) groups excluding carboxylic acids is 6. The maximum absolute atomic E-state index is 14.0. The summed E-state index contributed by atoms with van der Waals surface area (Å²) in [6, 6.07) is -3.26. The van der Waals surface area contributed by atoms with Crippen LogP contribution in [0.4, 0.5) is 4.79 Å². The van der Waals surface area contributed by atoms with Gasteiger partial charge in [-0.25, -0.2) is 4.79 Å². The Hall–Kier alpha value is -3.22. The molecule has 44 heavy (non-hydrogen) atoms. The number of hydrogen-bond donors (Lipinski definition) is 3. The monoisotopic (exact) mass is 624 g/mol. The predicted octanol–water partition coefficient (Wildman–Crippen LogP) is 1.96. The van der Waals surface area contributed by atoms with E-state index in [9.17, 15) is 28.8 Å². The van der Waals surface area contributed by atoms with Crippen molar-refractivity contribution in [2.24, 2.45) is 22.7 Å². The van der Waals surface area contributed by atoms with Gasteiger partial charge in [0.05, 0.1) is 13.0 Å². The normalized spacial score (nSPS) is 22.2. The molecule has 1 saturated heterocycles. The van der Waals surface area contributed by atoms with Crippen molar-refractivity contribution in [3.63, 3.8) is 0 Å². The first-order valence-electron chi connectivity index (χ1n) is 15.0. The summed E-state index contributed by atoms with van der Waals surface area (Å²) >= 11 is 0. The summed E-state index contributed by atoms with van der Waals surface area (Å²) in [4.78, 5) is 79.5. The number of nitrogens with zero attached hydrogens (tertiary/aromatic N) is 1. The third kappa shape index (κ3) is 9.64. The van der Waals surface area contributed by atoms with Gasteiger partial charge >= 0.3 is 12.1 Å². The van der Waals surface area contributed by atoms with Gasteiger partial charge in [-0.15, -0.1) is 0 Å². The number of ether oxygens (including phenoxy) is 3. The number of nitrogens with one attached hydrogen (secondary N) is 3. The molecule has 2 fully saturated rings. The van der Waals surface area contributed by atoms with Crippen LogP contribution in [0.1, 0.15) is 82.6 Å². The van der Waals surface area contributed by atoms with Crippen LogP contribution >= 0.6 is 0 Å². The molecular weight excluding hydrogens is 572 g/mol. The van der Waals surface area contributed by atoms with E-state index in [1.54, 1.807) is 62.3 Å². The van der Waals surface area contributed by atoms with Crippen molar-refractivity contribution in [2.75, 3.05) is 26.8 Å². The smallest absolute Gasteiger partial charge is 0.408 e. The number of methoxy groups -OCH3 is 1. The molecule has 13 heteroatoms. The van der Waals surface area contributed by atoms with E-state index in [1.807, 2.05) is 13.8 Å². The highest BCUT2D eigenvalue weighted by atomic mass is 16.6. The molecule has 1 unspecified atom stereocenters. The number of alkyl carbamates (subject to hydrolysis) is 1. The number of hydrogen-bond acceptors (Lipinski definition) is 9. The number of piperidine rings is 1. The Labute approximate surface area is 260 Å². The number of fused-ring (bicyclic) bond motifs is 1. The number of esters is 1. The first-order chi connectivity index (χ1) is 19.9. The zero-order valence-electron chi connectivity index (χ0n) is 28.3. The van der Waals surface area contributed by atoms with Gasteiger partial charge in [0, 0.05) is 20.2 Å². The summed E-state index contributed by atoms with van der Waals surface area (Å²) in [5, 5.41) is 7.71. The van der Waals surface area contributed by atoms with Gasteiger partial charge in [-0.1, -0.05) is 34.6 Å². The summed E-state index contributed by atoms with van der Waals surface area (Å²) in [6.45, 7) is 19.6. The van der Waals surface area contributed by atoms with Crippen LogP contribution in [0.3, 0.4) is 0 Å². The van der Waals surface area contributed by atoms with Crippen molar-refractivity contribution in [1.82, 2.24) is 20.9 Å². The summed E-state index contributed by atoms with van der Waals surface area (Å²) in [5.41, 5.74) is -2.41. The second-order valence-corrected chi connectivity index (χ2v) is 15.3. The maximum Gasteiger partial charge on any atom is 0.408 e. The SMILES string of the molecule is COCC(NC(=O)[C@@H]1[C@@H]2[C@H](CN1C(=O)[C@@H](NC(=O)OC(C)(C)C)C(C)(C)C)C2(C)C)C(=O)C(=O)NCCC(=O)OC(C)(C)C. The van der Waals surface area contributed by atoms with E-state index in [0.717, 1.165) is 0 Å². The average molecular weight is 625 g/mol. The predicted molar refractivity (Wildman–Crippen MR) is 161 cm³/mol. The quantitative estimate of drug-likeness (QED) is 0.230. The molecule has 0 aromatic heterocycles. The van der Waals surface area contributed by atoms with E-state index in [2.05, 4.69) is 16.0 Å². The molecule has 0 bridgehead atoms. The van der Waals surface area contributed by atoms with E-state index in [-0.39, 0.29) is 36.8 Å². The zero-order valence-corrected chi connectivity index (χ0v) is 28.3. The van der Waals surface area contributed by atoms with Crippen LogP contribution in [0.25, 0.3) is 0 Å². The van der Waals surface area contributed by atoms with Crippen LogP contribution in [-0.2, 0) is 38.2 Å². The second-order valence-electron chi connectivity index (χ2n) is 15.3. The summed E-state index contributed by atoms with van der Waals surface area (Å²) in [5.74, 6) is -3.67. The summed E-state index contributed by atoms with van der Waals surface area (Å²) < 4.78 is 15.7. The van der Waals surface area contributed by atoms with Crippen LogP contribution in [0.5, 0.6) is 0 Å². The Bertz CT molecular complexity index is 1130. The lowest BCUT2D eigenvalue weighted by atomic mass is 9.85. The van der Waals surface area contributed by atoms with Gasteiger partial charge in [0.2, 0.25) is 17.6 Å². The molecule has 13 nitrogen and oxygen atoms in total. The molecule has 0 radical (unpaired) electrons. The van der Waals surface area contributed by atoms with Gasteiger partial charge in [0.15, 0.2) is 0 Å². The molecule has 1 aliphatic heterocycles. The molecule has 5 atom stereocenters. The van der Waals surface area contributed by atoms with Crippen molar-refractivity contribution in [1.29, 1.82) is 0 Å². The first kappa shape index (κ1) is 37.0. The minimum atomic E-state index is -1.33. The third-order valence-corrected chi connectivity index (χ3v) is 7.76. The molecule has 0 aromatic carbocycles. The molecule has 0 aromatic rings. The Balaban J connectivity index is 2.20. The lowest BCUT2D eigenvalue weighted by Gasteiger charge is -2.38. The average Bonchev–Trinajstić information content (AvgIpc) is 3.17. The highest BCUT2D eigenvalue weighted by Gasteiger charge is 2.70. The Morgan fingerprint density at radius 2 is 1.45 bits per heavy atom. The lowest BCUT2D eigenvalue weighted by Crippen LogP contribution is -2.61. The molecule has 0 spiro atoms. The largest absolute Gasteiger partial charge is 0.460 e. The van der Waals surface area contributed by atoms with E-state index in [1.165, 1.54) is 12.0 Å². The van der Waals surface area contributed by atoms with Crippen molar-refractivity contribution < 1.29 is 43.0 Å². The number of ketones is 1. The topological polar surface area (TPSA) is 169 Å². The molecule has 250 valence electrons. The Morgan fingerprint density at radius 1 is 0.886 bits per heavy atom. The van der Waals surface area contributed by atoms with Gasteiger partial charge in [-0.2, -0.15) is 0 Å². The second kappa shape index (κ2) is 13.4. The molecule has 1 heterocycles. The van der Waals surface area contributed by atoms with Crippen LogP contribution in [0, 0.1) is 22.7 Å². The van der Waals surface area contributed by atoms with Gasteiger partial charge in [-0.3, -0.25) is 24.0 Å². The molecule has 4 amide bonds. The number of likely N-dealkylation sites (tertiary alicyclic amines) is 1. The molecule has 2 rings (SSSR count). The van der Waals surface area contributed by atoms with Gasteiger partial charge in [0.1, 0.15) is 29.3 Å². The zero-order chi connectivity index (χ0) is 34.0. The first-order valence-corrected chi connectivity index (χ1v) is 15.0. The van der Waals surface area contributed by atoms with E-state index >= 15 is 0 Å². The molecule has 2 aliphatic rings. The molecule has 1 saturated carbocycles. The molecular formula is C31H52N4O9. The van der Waals surface area contributed by atoms with E-state index < -0.39 is 70.3 Å². The van der Waals surface area contributed by atoms with Crippen LogP contribution < -0.4 is 16.0 Å². The summed E-state index contributed by atoms with van der Waals surface area (Å²) in [6.07, 6.45) is -0.888. The highest BCUT2D eigenvalue weighted by molar-refractivity contribution is 6.38. The van der Waals surface area contributed by atoms with Crippen LogP contribution in [0.2, 0.25) is 0 Å². The van der Waals surface area contributed by atoms with Crippen molar-refractivity contribution in [2.45, 2.75) is 112 Å². The fourth-order valence-electron chi connectivity index (χ4n) is 5.58. The minimum Gasteiger partial charge on any atom is -0.460 e. The molecule has 1 aliphatic carbocycles.